The fraction of sp³-hybridized carbons (Fsp3) is 0.896. The van der Waals surface area contributed by atoms with Crippen LogP contribution in [0.4, 0.5) is 0 Å². The summed E-state index contributed by atoms with van der Waals surface area (Å²) < 4.78 is 62.5. The maximum atomic E-state index is 13.4. The number of hydrogen-bond acceptors (Lipinski definition) is 16. The number of amides is 5. The molecule has 0 rings (SSSR count). The molecule has 0 aliphatic heterocycles. The van der Waals surface area contributed by atoms with E-state index >= 15 is 0 Å². The van der Waals surface area contributed by atoms with Crippen molar-refractivity contribution < 1.29 is 76.1 Å². The number of hydrogen-bond donors (Lipinski definition) is 5. The monoisotopic (exact) mass is 996 g/mol. The van der Waals surface area contributed by atoms with E-state index in [0.29, 0.717) is 105 Å². The minimum absolute atomic E-state index is 0.00221. The zero-order valence-corrected chi connectivity index (χ0v) is 43.6. The van der Waals surface area contributed by atoms with Crippen LogP contribution in [0.3, 0.4) is 0 Å². The molecule has 21 heteroatoms. The Kier molecular flexibility index (Phi) is 43.9. The molecule has 69 heavy (non-hydrogen) atoms. The van der Waals surface area contributed by atoms with Crippen LogP contribution in [0.2, 0.25) is 0 Å². The molecule has 0 fully saturated rings. The molecule has 21 nitrogen and oxygen atoms in total. The van der Waals surface area contributed by atoms with Crippen LogP contribution in [-0.2, 0) is 76.1 Å². The van der Waals surface area contributed by atoms with Gasteiger partial charge in [-0.15, -0.1) is 0 Å². The molecule has 0 spiro atoms. The second kappa shape index (κ2) is 46.0. The summed E-state index contributed by atoms with van der Waals surface area (Å²) in [5, 5.41) is 14.3. The van der Waals surface area contributed by atoms with Crippen molar-refractivity contribution in [1.82, 2.24) is 26.6 Å². The summed E-state index contributed by atoms with van der Waals surface area (Å²) in [6.07, 6.45) is 2.52. The smallest absolute Gasteiger partial charge is 0.222 e. The molecule has 0 saturated heterocycles. The Labute approximate surface area is 413 Å². The maximum absolute atomic E-state index is 13.4. The highest BCUT2D eigenvalue weighted by molar-refractivity contribution is 5.84. The first-order valence-electron chi connectivity index (χ1n) is 25.0. The van der Waals surface area contributed by atoms with Gasteiger partial charge in [0.25, 0.3) is 0 Å². The molecular formula is C48H93N5O16. The lowest BCUT2D eigenvalue weighted by atomic mass is 10.0. The van der Waals surface area contributed by atoms with E-state index in [-0.39, 0.29) is 145 Å². The van der Waals surface area contributed by atoms with Gasteiger partial charge in [0, 0.05) is 97.4 Å². The second-order valence-corrected chi connectivity index (χ2v) is 17.4. The molecule has 0 aromatic carbocycles. The van der Waals surface area contributed by atoms with Crippen molar-refractivity contribution >= 4 is 29.5 Å². The van der Waals surface area contributed by atoms with E-state index in [9.17, 15) is 24.0 Å². The highest BCUT2D eigenvalue weighted by Gasteiger charge is 2.34. The number of nitrogens with one attached hydrogen (secondary N) is 5. The van der Waals surface area contributed by atoms with Crippen molar-refractivity contribution in [2.24, 2.45) is 0 Å². The number of rotatable bonds is 50. The number of carbonyl (C=O) groups is 5. The molecule has 0 heterocycles. The summed E-state index contributed by atoms with van der Waals surface area (Å²) >= 11 is 0. The lowest BCUT2D eigenvalue weighted by molar-refractivity contribution is -0.131. The SMILES string of the molecule is CC(C)NC(=O)CCC(=O)NC(COCCCOCCC(=O)NCCOCCOC(C)C)(COCCCOCCC(=O)NCCOCCOC(C)C)COCCCOCCC(=O)NCCOC(C)C. The van der Waals surface area contributed by atoms with E-state index in [1.165, 1.54) is 0 Å². The third-order valence-electron chi connectivity index (χ3n) is 9.09. The minimum Gasteiger partial charge on any atom is -0.381 e. The largest absolute Gasteiger partial charge is 0.381 e. The average molecular weight is 996 g/mol. The van der Waals surface area contributed by atoms with Gasteiger partial charge in [-0.1, -0.05) is 0 Å². The molecule has 0 aromatic heterocycles. The fourth-order valence-corrected chi connectivity index (χ4v) is 5.77. The predicted molar refractivity (Wildman–Crippen MR) is 260 cm³/mol. The zero-order valence-electron chi connectivity index (χ0n) is 43.6. The van der Waals surface area contributed by atoms with Crippen LogP contribution in [0.25, 0.3) is 0 Å². The van der Waals surface area contributed by atoms with Crippen molar-refractivity contribution in [2.75, 3.05) is 145 Å². The van der Waals surface area contributed by atoms with Gasteiger partial charge in [-0.25, -0.2) is 0 Å². The molecule has 0 radical (unpaired) electrons. The van der Waals surface area contributed by atoms with Crippen LogP contribution in [-0.4, -0.2) is 205 Å². The molecule has 5 N–H and O–H groups in total. The fourth-order valence-electron chi connectivity index (χ4n) is 5.77. The summed E-state index contributed by atoms with van der Waals surface area (Å²) in [6, 6.07) is -0.0659. The Bertz CT molecular complexity index is 1230. The second-order valence-electron chi connectivity index (χ2n) is 17.4. The Morgan fingerprint density at radius 2 is 0.681 bits per heavy atom. The third kappa shape index (κ3) is 47.0. The molecule has 0 aromatic rings. The zero-order chi connectivity index (χ0) is 51.2. The van der Waals surface area contributed by atoms with Crippen molar-refractivity contribution in [3.63, 3.8) is 0 Å². The van der Waals surface area contributed by atoms with Crippen LogP contribution in [0.1, 0.15) is 107 Å². The Morgan fingerprint density at radius 1 is 0.348 bits per heavy atom. The van der Waals surface area contributed by atoms with Crippen LogP contribution in [0.15, 0.2) is 0 Å². The molecule has 0 aliphatic rings. The van der Waals surface area contributed by atoms with Gasteiger partial charge in [-0.2, -0.15) is 0 Å². The Balaban J connectivity index is 5.19. The molecule has 0 bridgehead atoms. The standard InChI is InChI=1S/C48H93N5O16/c1-39(2)52-46(57)12-13-47(58)53-48(38-66-25-11-22-61-28-16-45(56)51-19-31-67-40(3)4,36-64-23-9-20-59-26-14-43(54)49-17-29-62-32-34-68-41(5)6)37-65-24-10-21-60-27-15-44(55)50-18-30-63-33-35-69-42(7)8/h39-42H,9-38H2,1-8H3,(H,49,54)(H,50,55)(H,51,56)(H,52,57)(H,53,58). The van der Waals surface area contributed by atoms with Crippen LogP contribution in [0, 0.1) is 0 Å². The van der Waals surface area contributed by atoms with E-state index in [4.69, 9.17) is 52.1 Å². The lowest BCUT2D eigenvalue weighted by Gasteiger charge is -2.34. The molecule has 5 amide bonds. The number of ether oxygens (including phenoxy) is 11. The quantitative estimate of drug-likeness (QED) is 0.0549. The number of carbonyl (C=O) groups excluding carboxylic acids is 5. The van der Waals surface area contributed by atoms with E-state index in [1.807, 2.05) is 55.4 Å². The van der Waals surface area contributed by atoms with Crippen molar-refractivity contribution in [1.29, 1.82) is 0 Å². The summed E-state index contributed by atoms with van der Waals surface area (Å²) in [5.41, 5.74) is -1.13. The summed E-state index contributed by atoms with van der Waals surface area (Å²) in [4.78, 5) is 62.3. The van der Waals surface area contributed by atoms with Crippen LogP contribution < -0.4 is 26.6 Å². The summed E-state index contributed by atoms with van der Waals surface area (Å²) in [7, 11) is 0. The van der Waals surface area contributed by atoms with Gasteiger partial charge in [0.2, 0.25) is 29.5 Å². The average Bonchev–Trinajstić information content (AvgIpc) is 3.28. The molecule has 0 saturated carbocycles. The Morgan fingerprint density at radius 3 is 1.06 bits per heavy atom. The van der Waals surface area contributed by atoms with Gasteiger partial charge in [0.15, 0.2) is 0 Å². The highest BCUT2D eigenvalue weighted by atomic mass is 16.5. The third-order valence-corrected chi connectivity index (χ3v) is 9.09. The van der Waals surface area contributed by atoms with E-state index in [1.54, 1.807) is 0 Å². The van der Waals surface area contributed by atoms with E-state index < -0.39 is 5.54 Å². The van der Waals surface area contributed by atoms with E-state index in [2.05, 4.69) is 26.6 Å². The predicted octanol–water partition coefficient (Wildman–Crippen LogP) is 2.24. The first-order valence-corrected chi connectivity index (χ1v) is 25.0. The van der Waals surface area contributed by atoms with Crippen molar-refractivity contribution in [2.45, 2.75) is 137 Å². The van der Waals surface area contributed by atoms with Crippen molar-refractivity contribution in [3.05, 3.63) is 0 Å². The molecule has 0 atom stereocenters. The van der Waals surface area contributed by atoms with Gasteiger partial charge >= 0.3 is 0 Å². The van der Waals surface area contributed by atoms with Gasteiger partial charge < -0.3 is 78.7 Å². The summed E-state index contributed by atoms with van der Waals surface area (Å²) in [5.74, 6) is -1.00. The summed E-state index contributed by atoms with van der Waals surface area (Å²) in [6.45, 7) is 22.6. The molecule has 0 unspecified atom stereocenters. The van der Waals surface area contributed by atoms with Crippen LogP contribution in [0.5, 0.6) is 0 Å². The maximum Gasteiger partial charge on any atom is 0.222 e. The van der Waals surface area contributed by atoms with Crippen molar-refractivity contribution in [3.8, 4) is 0 Å². The van der Waals surface area contributed by atoms with Gasteiger partial charge in [0.1, 0.15) is 5.54 Å². The Hall–Kier alpha value is -3.09. The van der Waals surface area contributed by atoms with Gasteiger partial charge in [-0.05, 0) is 74.7 Å². The molecule has 0 aliphatic carbocycles. The molecular weight excluding hydrogens is 903 g/mol. The topological polar surface area (TPSA) is 247 Å². The van der Waals surface area contributed by atoms with E-state index in [0.717, 1.165) is 0 Å². The normalized spacial score (nSPS) is 11.8. The van der Waals surface area contributed by atoms with Gasteiger partial charge in [-0.3, -0.25) is 24.0 Å². The lowest BCUT2D eigenvalue weighted by Crippen LogP contribution is -2.58. The van der Waals surface area contributed by atoms with Crippen LogP contribution >= 0.6 is 0 Å². The highest BCUT2D eigenvalue weighted by Crippen LogP contribution is 2.12. The molecule has 406 valence electrons. The van der Waals surface area contributed by atoms with Gasteiger partial charge in [0.05, 0.1) is 104 Å². The first-order chi connectivity index (χ1) is 33.1. The minimum atomic E-state index is -1.13. The first kappa shape index (κ1) is 65.9.